The monoisotopic (exact) mass is 405 g/mol. The number of nitrogens with zero attached hydrogens (tertiary/aromatic N) is 2. The molecule has 0 aromatic heterocycles. The molecule has 2 aliphatic rings. The molecule has 1 aliphatic heterocycles. The smallest absolute Gasteiger partial charge is 0.338 e. The molecule has 0 radical (unpaired) electrons. The third kappa shape index (κ3) is 4.50. The van der Waals surface area contributed by atoms with Gasteiger partial charge in [0.15, 0.2) is 0 Å². The third-order valence-corrected chi connectivity index (χ3v) is 6.43. The van der Waals surface area contributed by atoms with Crippen LogP contribution < -0.4 is 10.1 Å². The van der Waals surface area contributed by atoms with Gasteiger partial charge in [-0.25, -0.2) is 9.80 Å². The van der Waals surface area contributed by atoms with Crippen molar-refractivity contribution < 1.29 is 9.53 Å². The molecule has 2 amide bonds. The fraction of sp³-hybridized carbons (Fsp3) is 0.440. The summed E-state index contributed by atoms with van der Waals surface area (Å²) < 4.78 is 5.30. The first-order valence-corrected chi connectivity index (χ1v) is 11.0. The number of urea groups is 1. The lowest BCUT2D eigenvalue weighted by Crippen LogP contribution is -2.43. The lowest BCUT2D eigenvalue weighted by molar-refractivity contribution is 0.192. The number of carbonyl (C=O) groups excluding carboxylic acids is 1. The molecule has 1 saturated carbocycles. The zero-order chi connectivity index (χ0) is 20.9. The molecule has 1 N–H and O–H groups in total. The van der Waals surface area contributed by atoms with Gasteiger partial charge in [0, 0.05) is 12.0 Å². The summed E-state index contributed by atoms with van der Waals surface area (Å²) in [5.74, 6) is 1.20. The topological polar surface area (TPSA) is 53.9 Å². The molecule has 4 rings (SSSR count). The van der Waals surface area contributed by atoms with Gasteiger partial charge < -0.3 is 10.1 Å². The summed E-state index contributed by atoms with van der Waals surface area (Å²) in [6, 6.07) is 18.6. The quantitative estimate of drug-likeness (QED) is 0.745. The molecule has 158 valence electrons. The minimum atomic E-state index is -0.0735. The predicted molar refractivity (Wildman–Crippen MR) is 120 cm³/mol. The summed E-state index contributed by atoms with van der Waals surface area (Å²) in [6.07, 6.45) is 5.79. The highest BCUT2D eigenvalue weighted by molar-refractivity contribution is 6.04. The molecular formula is C25H31N3O2. The van der Waals surface area contributed by atoms with Crippen molar-refractivity contribution in [3.63, 3.8) is 0 Å². The van der Waals surface area contributed by atoms with Gasteiger partial charge in [0.1, 0.15) is 5.75 Å². The normalized spacial score (nSPS) is 20.5. The highest BCUT2D eigenvalue weighted by atomic mass is 16.5. The van der Waals surface area contributed by atoms with E-state index in [1.807, 2.05) is 30.3 Å². The summed E-state index contributed by atoms with van der Waals surface area (Å²) >= 11 is 0. The summed E-state index contributed by atoms with van der Waals surface area (Å²) in [5.41, 5.74) is 3.27. The highest BCUT2D eigenvalue weighted by Gasteiger charge is 2.35. The lowest BCUT2D eigenvalue weighted by atomic mass is 9.82. The summed E-state index contributed by atoms with van der Waals surface area (Å²) in [6.45, 7) is 2.82. The Kier molecular flexibility index (Phi) is 6.36. The van der Waals surface area contributed by atoms with E-state index in [4.69, 9.17) is 9.84 Å². The molecule has 0 bridgehead atoms. The van der Waals surface area contributed by atoms with Crippen molar-refractivity contribution in [3.8, 4) is 5.75 Å². The average molecular weight is 406 g/mol. The first kappa shape index (κ1) is 20.5. The van der Waals surface area contributed by atoms with Gasteiger partial charge >= 0.3 is 6.03 Å². The minimum absolute atomic E-state index is 0.0735. The molecule has 5 heteroatoms. The zero-order valence-corrected chi connectivity index (χ0v) is 17.9. The second-order valence-corrected chi connectivity index (χ2v) is 8.39. The zero-order valence-electron chi connectivity index (χ0n) is 17.9. The van der Waals surface area contributed by atoms with Crippen molar-refractivity contribution in [2.45, 2.75) is 51.0 Å². The third-order valence-electron chi connectivity index (χ3n) is 6.43. The summed E-state index contributed by atoms with van der Waals surface area (Å²) in [7, 11) is 1.67. The Bertz CT molecular complexity index is 873. The van der Waals surface area contributed by atoms with Crippen LogP contribution in [0.15, 0.2) is 59.7 Å². The van der Waals surface area contributed by atoms with Crippen LogP contribution in [-0.4, -0.2) is 36.4 Å². The van der Waals surface area contributed by atoms with Crippen LogP contribution in [0.2, 0.25) is 0 Å². The SMILES string of the molecule is COc1ccc(C2=NN(C(=O)NC3CCCCC3)C[C@@H]2C(C)c2ccccc2)cc1. The van der Waals surface area contributed by atoms with E-state index in [-0.39, 0.29) is 23.9 Å². The Hall–Kier alpha value is -2.82. The van der Waals surface area contributed by atoms with Crippen LogP contribution >= 0.6 is 0 Å². The molecule has 1 fully saturated rings. The number of methoxy groups -OCH3 is 1. The molecule has 0 saturated heterocycles. The van der Waals surface area contributed by atoms with E-state index < -0.39 is 0 Å². The van der Waals surface area contributed by atoms with Crippen molar-refractivity contribution in [1.82, 2.24) is 10.3 Å². The number of hydrazone groups is 1. The van der Waals surface area contributed by atoms with Crippen LogP contribution in [0, 0.1) is 5.92 Å². The number of nitrogens with one attached hydrogen (secondary N) is 1. The van der Waals surface area contributed by atoms with Crippen molar-refractivity contribution in [2.24, 2.45) is 11.0 Å². The minimum Gasteiger partial charge on any atom is -0.497 e. The molecule has 5 nitrogen and oxygen atoms in total. The van der Waals surface area contributed by atoms with Gasteiger partial charge in [-0.2, -0.15) is 5.10 Å². The van der Waals surface area contributed by atoms with Crippen molar-refractivity contribution >= 4 is 11.7 Å². The second kappa shape index (κ2) is 9.33. The van der Waals surface area contributed by atoms with Crippen LogP contribution in [0.25, 0.3) is 0 Å². The Morgan fingerprint density at radius 1 is 1.07 bits per heavy atom. The van der Waals surface area contributed by atoms with Gasteiger partial charge in [-0.1, -0.05) is 56.5 Å². The van der Waals surface area contributed by atoms with Crippen LogP contribution in [0.5, 0.6) is 5.75 Å². The summed E-state index contributed by atoms with van der Waals surface area (Å²) in [4.78, 5) is 13.0. The van der Waals surface area contributed by atoms with E-state index in [2.05, 4.69) is 36.5 Å². The van der Waals surface area contributed by atoms with E-state index in [1.54, 1.807) is 12.1 Å². The van der Waals surface area contributed by atoms with E-state index in [0.29, 0.717) is 6.54 Å². The molecule has 1 aliphatic carbocycles. The molecule has 1 unspecified atom stereocenters. The maximum Gasteiger partial charge on any atom is 0.338 e. The van der Waals surface area contributed by atoms with Crippen molar-refractivity contribution in [2.75, 3.05) is 13.7 Å². The van der Waals surface area contributed by atoms with Crippen LogP contribution in [0.3, 0.4) is 0 Å². The standard InChI is InChI=1S/C25H31N3O2/c1-18(19-9-5-3-6-10-19)23-17-28(25(29)26-21-11-7-4-8-12-21)27-24(23)20-13-15-22(30-2)16-14-20/h3,5-6,9-10,13-16,18,21,23H,4,7-8,11-12,17H2,1-2H3,(H,26,29)/t18?,23-/m1/s1. The largest absolute Gasteiger partial charge is 0.497 e. The van der Waals surface area contributed by atoms with Gasteiger partial charge in [-0.3, -0.25) is 0 Å². The van der Waals surface area contributed by atoms with Crippen LogP contribution in [0.4, 0.5) is 4.79 Å². The fourth-order valence-corrected chi connectivity index (χ4v) is 4.56. The number of hydrogen-bond acceptors (Lipinski definition) is 3. The second-order valence-electron chi connectivity index (χ2n) is 8.39. The number of carbonyl (C=O) groups is 1. The number of ether oxygens (including phenoxy) is 1. The van der Waals surface area contributed by atoms with E-state index in [0.717, 1.165) is 29.9 Å². The maximum atomic E-state index is 13.0. The number of rotatable bonds is 5. The van der Waals surface area contributed by atoms with Gasteiger partial charge in [-0.15, -0.1) is 0 Å². The van der Waals surface area contributed by atoms with Gasteiger partial charge in [-0.05, 0) is 54.2 Å². The van der Waals surface area contributed by atoms with E-state index >= 15 is 0 Å². The Morgan fingerprint density at radius 3 is 2.43 bits per heavy atom. The molecule has 30 heavy (non-hydrogen) atoms. The maximum absolute atomic E-state index is 13.0. The first-order chi connectivity index (χ1) is 14.7. The van der Waals surface area contributed by atoms with E-state index in [1.165, 1.54) is 24.8 Å². The van der Waals surface area contributed by atoms with Crippen LogP contribution in [-0.2, 0) is 0 Å². The predicted octanol–water partition coefficient (Wildman–Crippen LogP) is 5.18. The van der Waals surface area contributed by atoms with Gasteiger partial charge in [0.05, 0.1) is 19.4 Å². The van der Waals surface area contributed by atoms with Gasteiger partial charge in [0.2, 0.25) is 0 Å². The Labute approximate surface area is 179 Å². The number of amides is 2. The van der Waals surface area contributed by atoms with Gasteiger partial charge in [0.25, 0.3) is 0 Å². The Morgan fingerprint density at radius 2 is 1.77 bits per heavy atom. The molecule has 0 spiro atoms. The van der Waals surface area contributed by atoms with Crippen LogP contribution in [0.1, 0.15) is 56.1 Å². The molecule has 2 aromatic rings. The Balaban J connectivity index is 1.58. The van der Waals surface area contributed by atoms with Crippen molar-refractivity contribution in [1.29, 1.82) is 0 Å². The highest BCUT2D eigenvalue weighted by Crippen LogP contribution is 2.33. The van der Waals surface area contributed by atoms with E-state index in [9.17, 15) is 4.79 Å². The molecule has 1 heterocycles. The molecular weight excluding hydrogens is 374 g/mol. The number of hydrogen-bond donors (Lipinski definition) is 1. The summed E-state index contributed by atoms with van der Waals surface area (Å²) in [5, 5.41) is 9.65. The molecule has 2 aromatic carbocycles. The first-order valence-electron chi connectivity index (χ1n) is 11.0. The number of benzene rings is 2. The average Bonchev–Trinajstić information content (AvgIpc) is 3.25. The lowest BCUT2D eigenvalue weighted by Gasteiger charge is -2.25. The molecule has 2 atom stereocenters. The fourth-order valence-electron chi connectivity index (χ4n) is 4.56. The van der Waals surface area contributed by atoms with Crippen molar-refractivity contribution in [3.05, 3.63) is 65.7 Å².